The highest BCUT2D eigenvalue weighted by Crippen LogP contribution is 2.26. The molecule has 21 heavy (non-hydrogen) atoms. The fraction of sp³-hybridized carbons (Fsp3) is 0.538. The van der Waals surface area contributed by atoms with E-state index in [2.05, 4.69) is 9.88 Å². The molecule has 0 aromatic carbocycles. The Kier molecular flexibility index (Phi) is 4.37. The van der Waals surface area contributed by atoms with Gasteiger partial charge in [0, 0.05) is 19.2 Å². The van der Waals surface area contributed by atoms with Crippen molar-refractivity contribution in [2.75, 3.05) is 32.1 Å². The summed E-state index contributed by atoms with van der Waals surface area (Å²) < 4.78 is 0. The first-order valence-electron chi connectivity index (χ1n) is 6.69. The monoisotopic (exact) mass is 294 g/mol. The summed E-state index contributed by atoms with van der Waals surface area (Å²) >= 11 is 0. The van der Waals surface area contributed by atoms with Crippen LogP contribution in [0.5, 0.6) is 0 Å². The van der Waals surface area contributed by atoms with Gasteiger partial charge in [-0.2, -0.15) is 0 Å². The number of rotatable bonds is 4. The van der Waals surface area contributed by atoms with Crippen molar-refractivity contribution in [2.24, 2.45) is 0 Å². The first-order valence-corrected chi connectivity index (χ1v) is 6.69. The van der Waals surface area contributed by atoms with Gasteiger partial charge in [0.05, 0.1) is 4.92 Å². The summed E-state index contributed by atoms with van der Waals surface area (Å²) in [5, 5.41) is 20.0. The molecule has 2 heterocycles. The average Bonchev–Trinajstić information content (AvgIpc) is 2.46. The molecule has 1 aliphatic rings. The number of anilines is 1. The zero-order valence-electron chi connectivity index (χ0n) is 12.0. The Balaban J connectivity index is 2.29. The maximum atomic E-state index is 11.3. The van der Waals surface area contributed by atoms with Gasteiger partial charge < -0.3 is 14.9 Å². The summed E-state index contributed by atoms with van der Waals surface area (Å²) in [6, 6.07) is 1.25. The van der Waals surface area contributed by atoms with Crippen LogP contribution in [0.2, 0.25) is 0 Å². The SMILES string of the molecule is CN1CCC(N(C)c2ncc([N+](=O)[O-])cc2C(=O)O)CC1. The molecule has 0 bridgehead atoms. The van der Waals surface area contributed by atoms with Gasteiger partial charge in [-0.3, -0.25) is 10.1 Å². The lowest BCUT2D eigenvalue weighted by molar-refractivity contribution is -0.385. The van der Waals surface area contributed by atoms with E-state index in [0.717, 1.165) is 38.2 Å². The van der Waals surface area contributed by atoms with Gasteiger partial charge >= 0.3 is 5.97 Å². The maximum absolute atomic E-state index is 11.3. The minimum atomic E-state index is -1.21. The van der Waals surface area contributed by atoms with Crippen molar-refractivity contribution >= 4 is 17.5 Å². The van der Waals surface area contributed by atoms with E-state index in [1.54, 1.807) is 7.05 Å². The van der Waals surface area contributed by atoms with E-state index in [0.29, 0.717) is 0 Å². The Morgan fingerprint density at radius 3 is 2.67 bits per heavy atom. The summed E-state index contributed by atoms with van der Waals surface area (Å²) in [4.78, 5) is 29.5. The van der Waals surface area contributed by atoms with Crippen molar-refractivity contribution in [3.05, 3.63) is 27.9 Å². The highest BCUT2D eigenvalue weighted by atomic mass is 16.6. The molecule has 0 unspecified atom stereocenters. The Labute approximate surface area is 122 Å². The van der Waals surface area contributed by atoms with E-state index in [1.807, 2.05) is 11.9 Å². The summed E-state index contributed by atoms with van der Waals surface area (Å²) in [5.74, 6) is -0.927. The molecular formula is C13H18N4O4. The van der Waals surface area contributed by atoms with Gasteiger partial charge in [-0.1, -0.05) is 0 Å². The molecule has 0 radical (unpaired) electrons. The number of carboxylic acid groups (broad SMARTS) is 1. The van der Waals surface area contributed by atoms with Crippen LogP contribution in [0.1, 0.15) is 23.2 Å². The normalized spacial score (nSPS) is 16.7. The van der Waals surface area contributed by atoms with E-state index in [1.165, 1.54) is 0 Å². The lowest BCUT2D eigenvalue weighted by atomic mass is 10.0. The summed E-state index contributed by atoms with van der Waals surface area (Å²) in [7, 11) is 3.83. The van der Waals surface area contributed by atoms with Gasteiger partial charge in [-0.15, -0.1) is 0 Å². The van der Waals surface area contributed by atoms with Crippen molar-refractivity contribution in [3.8, 4) is 0 Å². The van der Waals surface area contributed by atoms with Gasteiger partial charge in [-0.25, -0.2) is 9.78 Å². The molecule has 1 N–H and O–H groups in total. The predicted octanol–water partition coefficient (Wildman–Crippen LogP) is 1.22. The zero-order chi connectivity index (χ0) is 15.6. The van der Waals surface area contributed by atoms with E-state index in [9.17, 15) is 20.0 Å². The molecule has 0 aliphatic carbocycles. The molecule has 1 saturated heterocycles. The number of carboxylic acids is 1. The molecule has 1 aromatic rings. The molecule has 0 amide bonds. The van der Waals surface area contributed by atoms with E-state index < -0.39 is 10.9 Å². The number of carbonyl (C=O) groups is 1. The molecule has 1 aromatic heterocycles. The minimum Gasteiger partial charge on any atom is -0.478 e. The molecule has 0 atom stereocenters. The molecule has 0 spiro atoms. The topological polar surface area (TPSA) is 99.8 Å². The lowest BCUT2D eigenvalue weighted by Crippen LogP contribution is -2.42. The number of aromatic carboxylic acids is 1. The number of hydrogen-bond acceptors (Lipinski definition) is 6. The van der Waals surface area contributed by atoms with Crippen molar-refractivity contribution in [1.29, 1.82) is 0 Å². The van der Waals surface area contributed by atoms with Crippen LogP contribution < -0.4 is 4.90 Å². The third-order valence-corrected chi connectivity index (χ3v) is 3.86. The summed E-state index contributed by atoms with van der Waals surface area (Å²) in [6.45, 7) is 1.87. The minimum absolute atomic E-state index is 0.134. The van der Waals surface area contributed by atoms with E-state index >= 15 is 0 Å². The second-order valence-electron chi connectivity index (χ2n) is 5.27. The lowest BCUT2D eigenvalue weighted by Gasteiger charge is -2.36. The average molecular weight is 294 g/mol. The van der Waals surface area contributed by atoms with Gasteiger partial charge in [0.25, 0.3) is 5.69 Å². The van der Waals surface area contributed by atoms with Crippen LogP contribution in [-0.2, 0) is 0 Å². The van der Waals surface area contributed by atoms with Gasteiger partial charge in [0.1, 0.15) is 17.6 Å². The van der Waals surface area contributed by atoms with Crippen molar-refractivity contribution in [1.82, 2.24) is 9.88 Å². The highest BCUT2D eigenvalue weighted by Gasteiger charge is 2.26. The van der Waals surface area contributed by atoms with Crippen LogP contribution in [0.4, 0.5) is 11.5 Å². The van der Waals surface area contributed by atoms with Crippen molar-refractivity contribution < 1.29 is 14.8 Å². The fourth-order valence-electron chi connectivity index (χ4n) is 2.54. The number of nitrogens with zero attached hydrogens (tertiary/aromatic N) is 4. The third kappa shape index (κ3) is 3.27. The van der Waals surface area contributed by atoms with E-state index in [4.69, 9.17) is 0 Å². The number of pyridine rings is 1. The standard InChI is InChI=1S/C13H18N4O4/c1-15-5-3-9(4-6-15)16(2)12-11(13(18)19)7-10(8-14-12)17(20)21/h7-9H,3-6H2,1-2H3,(H,18,19). The van der Waals surface area contributed by atoms with Crippen LogP contribution in [0.15, 0.2) is 12.3 Å². The van der Waals surface area contributed by atoms with Crippen molar-refractivity contribution in [2.45, 2.75) is 18.9 Å². The quantitative estimate of drug-likeness (QED) is 0.658. The van der Waals surface area contributed by atoms with Gasteiger partial charge in [0.2, 0.25) is 0 Å². The molecule has 1 fully saturated rings. The smallest absolute Gasteiger partial charge is 0.339 e. The van der Waals surface area contributed by atoms with Crippen LogP contribution >= 0.6 is 0 Å². The maximum Gasteiger partial charge on any atom is 0.339 e. The van der Waals surface area contributed by atoms with Gasteiger partial charge in [0.15, 0.2) is 0 Å². The van der Waals surface area contributed by atoms with Crippen molar-refractivity contribution in [3.63, 3.8) is 0 Å². The largest absolute Gasteiger partial charge is 0.478 e. The Hall–Kier alpha value is -2.22. The molecule has 114 valence electrons. The van der Waals surface area contributed by atoms with Crippen LogP contribution in [-0.4, -0.2) is 59.1 Å². The summed E-state index contributed by atoms with van der Waals surface area (Å²) in [6.07, 6.45) is 2.92. The molecule has 2 rings (SSSR count). The number of nitro groups is 1. The number of piperidine rings is 1. The second kappa shape index (κ2) is 6.04. The first-order chi connectivity index (χ1) is 9.90. The summed E-state index contributed by atoms with van der Waals surface area (Å²) in [5.41, 5.74) is -0.446. The van der Waals surface area contributed by atoms with E-state index in [-0.39, 0.29) is 23.1 Å². The van der Waals surface area contributed by atoms with Crippen LogP contribution in [0, 0.1) is 10.1 Å². The molecule has 8 nitrogen and oxygen atoms in total. The second-order valence-corrected chi connectivity index (χ2v) is 5.27. The van der Waals surface area contributed by atoms with Crippen LogP contribution in [0.25, 0.3) is 0 Å². The number of hydrogen-bond donors (Lipinski definition) is 1. The van der Waals surface area contributed by atoms with Gasteiger partial charge in [-0.05, 0) is 33.0 Å². The molecule has 8 heteroatoms. The number of aromatic nitrogens is 1. The predicted molar refractivity (Wildman–Crippen MR) is 76.8 cm³/mol. The Morgan fingerprint density at radius 1 is 1.52 bits per heavy atom. The number of likely N-dealkylation sites (tertiary alicyclic amines) is 1. The Morgan fingerprint density at radius 2 is 2.14 bits per heavy atom. The molecule has 0 saturated carbocycles. The van der Waals surface area contributed by atoms with Crippen LogP contribution in [0.3, 0.4) is 0 Å². The zero-order valence-corrected chi connectivity index (χ0v) is 12.0. The molecule has 1 aliphatic heterocycles. The highest BCUT2D eigenvalue weighted by molar-refractivity contribution is 5.94. The first kappa shape index (κ1) is 15.2. The Bertz CT molecular complexity index is 555. The fourth-order valence-corrected chi connectivity index (χ4v) is 2.54. The molecular weight excluding hydrogens is 276 g/mol. The third-order valence-electron chi connectivity index (χ3n) is 3.86.